The summed E-state index contributed by atoms with van der Waals surface area (Å²) in [6, 6.07) is 14.1. The van der Waals surface area contributed by atoms with Crippen LogP contribution in [0.15, 0.2) is 60.8 Å². The number of aliphatic hydroxyl groups excluding tert-OH is 1. The Kier molecular flexibility index (Phi) is 7.49. The largest absolute Gasteiger partial charge is 0.416 e. The van der Waals surface area contributed by atoms with Crippen LogP contribution in [0.3, 0.4) is 0 Å². The van der Waals surface area contributed by atoms with E-state index in [1.165, 1.54) is 36.6 Å². The Morgan fingerprint density at radius 2 is 1.76 bits per heavy atom. The highest BCUT2D eigenvalue weighted by atomic mass is 19.4. The highest BCUT2D eigenvalue weighted by Gasteiger charge is 2.32. The third-order valence-electron chi connectivity index (χ3n) is 7.30. The molecule has 1 aliphatic carbocycles. The minimum atomic E-state index is -4.43. The number of benzene rings is 2. The minimum absolute atomic E-state index is 0.279. The van der Waals surface area contributed by atoms with Crippen LogP contribution in [-0.4, -0.2) is 71.5 Å². The van der Waals surface area contributed by atoms with Crippen LogP contribution in [0, 0.1) is 0 Å². The van der Waals surface area contributed by atoms with Crippen molar-refractivity contribution in [1.29, 1.82) is 0 Å². The fourth-order valence-electron chi connectivity index (χ4n) is 5.24. The van der Waals surface area contributed by atoms with Crippen molar-refractivity contribution in [3.05, 3.63) is 83.0 Å². The highest BCUT2D eigenvalue weighted by molar-refractivity contribution is 6.08. The number of hydrogen-bond donors (Lipinski definition) is 2. The molecule has 7 nitrogen and oxygen atoms in total. The predicted octanol–water partition coefficient (Wildman–Crippen LogP) is 4.03. The molecule has 10 heteroatoms. The summed E-state index contributed by atoms with van der Waals surface area (Å²) >= 11 is 0. The molecule has 2 N–H and O–H groups in total. The number of halogens is 3. The lowest BCUT2D eigenvalue weighted by atomic mass is 10.0. The maximum Gasteiger partial charge on any atom is 0.416 e. The zero-order valence-corrected chi connectivity index (χ0v) is 20.9. The molecule has 1 fully saturated rings. The summed E-state index contributed by atoms with van der Waals surface area (Å²) < 4.78 is 43.9. The molecule has 2 aliphatic rings. The summed E-state index contributed by atoms with van der Waals surface area (Å²) in [6.07, 6.45) is -2.00. The molecule has 2 heterocycles. The average Bonchev–Trinajstić information content (AvgIpc) is 3.36. The number of rotatable bonds is 6. The van der Waals surface area contributed by atoms with Gasteiger partial charge in [0, 0.05) is 56.8 Å². The van der Waals surface area contributed by atoms with E-state index in [2.05, 4.69) is 15.2 Å². The van der Waals surface area contributed by atoms with Gasteiger partial charge in [0.05, 0.1) is 16.8 Å². The number of fused-ring (bicyclic) bond motifs is 1. The number of alkyl halides is 3. The van der Waals surface area contributed by atoms with Gasteiger partial charge in [-0.15, -0.1) is 0 Å². The Labute approximate surface area is 218 Å². The molecule has 1 aromatic heterocycles. The van der Waals surface area contributed by atoms with Crippen LogP contribution in [0.25, 0.3) is 11.3 Å². The number of piperazine rings is 1. The molecule has 200 valence electrons. The molecule has 1 saturated heterocycles. The lowest BCUT2D eigenvalue weighted by molar-refractivity contribution is -0.186. The molecule has 0 saturated carbocycles. The Bertz CT molecular complexity index is 1290. The third kappa shape index (κ3) is 5.58. The molecule has 38 heavy (non-hydrogen) atoms. The topological polar surface area (TPSA) is 77.9 Å². The van der Waals surface area contributed by atoms with E-state index in [0.29, 0.717) is 23.0 Å². The number of carbonyl (C=O) groups excluding carboxylic acids is 1. The summed E-state index contributed by atoms with van der Waals surface area (Å²) in [7, 11) is 1.49. The van der Waals surface area contributed by atoms with E-state index in [1.54, 1.807) is 12.1 Å². The van der Waals surface area contributed by atoms with Crippen LogP contribution in [0.4, 0.5) is 18.9 Å². The lowest BCUT2D eigenvalue weighted by Gasteiger charge is -2.39. The summed E-state index contributed by atoms with van der Waals surface area (Å²) in [5, 5.41) is 12.8. The molecule has 2 unspecified atom stereocenters. The zero-order valence-electron chi connectivity index (χ0n) is 20.9. The summed E-state index contributed by atoms with van der Waals surface area (Å²) in [6.45, 7) is 3.15. The standard InChI is InChI=1S/C28H29F3N4O3/c1-38-27(37)35-13-11-34(12-14-35)23-16-19-6-9-22(15-20(19)17-23)33-26(36)24-3-2-10-32-25(24)18-4-7-21(8-5-18)28(29,30)31/h2-10,15,23,27,37H,11-14,16-17H2,1H3,(H,33,36). The lowest BCUT2D eigenvalue weighted by Crippen LogP contribution is -2.53. The second kappa shape index (κ2) is 10.8. The highest BCUT2D eigenvalue weighted by Crippen LogP contribution is 2.32. The second-order valence-corrected chi connectivity index (χ2v) is 9.61. The van der Waals surface area contributed by atoms with Crippen LogP contribution in [0.1, 0.15) is 27.0 Å². The van der Waals surface area contributed by atoms with Gasteiger partial charge in [0.25, 0.3) is 5.91 Å². The number of amides is 1. The van der Waals surface area contributed by atoms with Gasteiger partial charge in [-0.2, -0.15) is 13.2 Å². The van der Waals surface area contributed by atoms with Crippen molar-refractivity contribution in [1.82, 2.24) is 14.8 Å². The van der Waals surface area contributed by atoms with Crippen LogP contribution in [0.2, 0.25) is 0 Å². The van der Waals surface area contributed by atoms with Crippen LogP contribution < -0.4 is 5.32 Å². The summed E-state index contributed by atoms with van der Waals surface area (Å²) in [4.78, 5) is 21.8. The van der Waals surface area contributed by atoms with Crippen LogP contribution in [-0.2, 0) is 23.8 Å². The maximum atomic E-state index is 13.2. The zero-order chi connectivity index (χ0) is 26.9. The van der Waals surface area contributed by atoms with Gasteiger partial charge in [-0.1, -0.05) is 18.2 Å². The van der Waals surface area contributed by atoms with E-state index in [1.807, 2.05) is 23.1 Å². The van der Waals surface area contributed by atoms with Crippen molar-refractivity contribution < 1.29 is 27.8 Å². The first-order chi connectivity index (χ1) is 18.2. The fraction of sp³-hybridized carbons (Fsp3) is 0.357. The van der Waals surface area contributed by atoms with Gasteiger partial charge in [0.15, 0.2) is 0 Å². The number of aliphatic hydroxyl groups is 1. The number of anilines is 1. The Hall–Kier alpha value is -3.31. The van der Waals surface area contributed by atoms with Crippen LogP contribution >= 0.6 is 0 Å². The van der Waals surface area contributed by atoms with Crippen molar-refractivity contribution in [3.8, 4) is 11.3 Å². The van der Waals surface area contributed by atoms with Gasteiger partial charge < -0.3 is 15.2 Å². The van der Waals surface area contributed by atoms with E-state index in [9.17, 15) is 23.1 Å². The third-order valence-corrected chi connectivity index (χ3v) is 7.30. The average molecular weight is 527 g/mol. The van der Waals surface area contributed by atoms with Gasteiger partial charge in [-0.25, -0.2) is 0 Å². The van der Waals surface area contributed by atoms with Crippen molar-refractivity contribution in [2.24, 2.45) is 0 Å². The van der Waals surface area contributed by atoms with E-state index >= 15 is 0 Å². The minimum Gasteiger partial charge on any atom is -0.356 e. The Morgan fingerprint density at radius 3 is 2.45 bits per heavy atom. The first kappa shape index (κ1) is 26.3. The monoisotopic (exact) mass is 526 g/mol. The molecular weight excluding hydrogens is 497 g/mol. The number of hydrogen-bond acceptors (Lipinski definition) is 6. The SMILES string of the molecule is COC(O)N1CCN(C2Cc3ccc(NC(=O)c4cccnc4-c4ccc(C(F)(F)F)cc4)cc3C2)CC1. The molecule has 3 aromatic rings. The molecule has 0 radical (unpaired) electrons. The molecule has 2 aromatic carbocycles. The fourth-order valence-corrected chi connectivity index (χ4v) is 5.24. The van der Waals surface area contributed by atoms with Gasteiger partial charge in [0.1, 0.15) is 0 Å². The normalized spacial score (nSPS) is 19.2. The van der Waals surface area contributed by atoms with Crippen molar-refractivity contribution in [2.45, 2.75) is 31.5 Å². The summed E-state index contributed by atoms with van der Waals surface area (Å²) in [5.41, 5.74) is 3.36. The number of carbonyl (C=O) groups is 1. The van der Waals surface area contributed by atoms with Gasteiger partial charge in [0.2, 0.25) is 6.41 Å². The molecule has 1 amide bonds. The Balaban J connectivity index is 1.26. The number of nitrogens with zero attached hydrogens (tertiary/aromatic N) is 3. The van der Waals surface area contributed by atoms with Gasteiger partial charge >= 0.3 is 6.18 Å². The van der Waals surface area contributed by atoms with Crippen molar-refractivity contribution in [2.75, 3.05) is 38.6 Å². The van der Waals surface area contributed by atoms with Crippen molar-refractivity contribution in [3.63, 3.8) is 0 Å². The van der Waals surface area contributed by atoms with E-state index < -0.39 is 18.2 Å². The van der Waals surface area contributed by atoms with E-state index in [4.69, 9.17) is 4.74 Å². The first-order valence-corrected chi connectivity index (χ1v) is 12.5. The number of nitrogens with one attached hydrogen (secondary N) is 1. The quantitative estimate of drug-likeness (QED) is 0.473. The predicted molar refractivity (Wildman–Crippen MR) is 136 cm³/mol. The van der Waals surface area contributed by atoms with Crippen LogP contribution in [0.5, 0.6) is 0 Å². The Morgan fingerprint density at radius 1 is 1.05 bits per heavy atom. The maximum absolute atomic E-state index is 13.2. The van der Waals surface area contributed by atoms with Crippen molar-refractivity contribution >= 4 is 11.6 Å². The number of ether oxygens (including phenoxy) is 1. The second-order valence-electron chi connectivity index (χ2n) is 9.61. The molecule has 2 atom stereocenters. The van der Waals surface area contributed by atoms with E-state index in [-0.39, 0.29) is 11.5 Å². The number of pyridine rings is 1. The molecular formula is C28H29F3N4O3. The number of methoxy groups -OCH3 is 1. The van der Waals surface area contributed by atoms with Gasteiger partial charge in [-0.05, 0) is 60.4 Å². The smallest absolute Gasteiger partial charge is 0.356 e. The molecule has 1 aliphatic heterocycles. The van der Waals surface area contributed by atoms with E-state index in [0.717, 1.165) is 51.2 Å². The first-order valence-electron chi connectivity index (χ1n) is 12.5. The van der Waals surface area contributed by atoms with Gasteiger partial charge in [-0.3, -0.25) is 19.6 Å². The molecule has 5 rings (SSSR count). The molecule has 0 spiro atoms. The molecule has 0 bridgehead atoms. The number of aromatic nitrogens is 1. The summed E-state index contributed by atoms with van der Waals surface area (Å²) in [5.74, 6) is -0.379.